The van der Waals surface area contributed by atoms with Gasteiger partial charge in [-0.2, -0.15) is 5.10 Å². The lowest BCUT2D eigenvalue weighted by Gasteiger charge is -2.14. The molecule has 5 aromatic rings. The van der Waals surface area contributed by atoms with E-state index in [-0.39, 0.29) is 12.0 Å². The Labute approximate surface area is 207 Å². The number of nitrogens with one attached hydrogen (secondary N) is 1. The summed E-state index contributed by atoms with van der Waals surface area (Å²) in [5.74, 6) is 1.27. The third-order valence-electron chi connectivity index (χ3n) is 6.39. The van der Waals surface area contributed by atoms with E-state index in [1.54, 1.807) is 35.6 Å². The van der Waals surface area contributed by atoms with Gasteiger partial charge >= 0.3 is 0 Å². The quantitative estimate of drug-likeness (QED) is 0.321. The summed E-state index contributed by atoms with van der Waals surface area (Å²) in [5, 5.41) is 8.19. The minimum Gasteiger partial charge on any atom is -0.490 e. The maximum absolute atomic E-state index is 13.5. The summed E-state index contributed by atoms with van der Waals surface area (Å²) in [5.41, 5.74) is 3.20. The van der Waals surface area contributed by atoms with E-state index in [4.69, 9.17) is 14.1 Å². The van der Waals surface area contributed by atoms with Gasteiger partial charge in [0.05, 0.1) is 35.2 Å². The van der Waals surface area contributed by atoms with Gasteiger partial charge in [-0.3, -0.25) is 9.78 Å². The number of furan rings is 1. The number of benzene rings is 1. The molecule has 0 radical (unpaired) electrons. The van der Waals surface area contributed by atoms with E-state index >= 15 is 0 Å². The summed E-state index contributed by atoms with van der Waals surface area (Å²) in [7, 11) is 0. The molecule has 4 heterocycles. The van der Waals surface area contributed by atoms with Crippen LogP contribution in [0.2, 0.25) is 0 Å². The van der Waals surface area contributed by atoms with Crippen molar-refractivity contribution in [3.8, 4) is 17.0 Å². The fourth-order valence-electron chi connectivity index (χ4n) is 4.61. The number of aromatic nitrogens is 4. The van der Waals surface area contributed by atoms with Crippen molar-refractivity contribution >= 4 is 22.6 Å². The van der Waals surface area contributed by atoms with Crippen LogP contribution < -0.4 is 10.1 Å². The maximum atomic E-state index is 13.5. The molecule has 1 fully saturated rings. The Kier molecular flexibility index (Phi) is 5.91. The van der Waals surface area contributed by atoms with Crippen molar-refractivity contribution in [2.75, 3.05) is 5.32 Å². The highest BCUT2D eigenvalue weighted by atomic mass is 16.5. The number of amides is 1. The summed E-state index contributed by atoms with van der Waals surface area (Å²) in [4.78, 5) is 22.6. The van der Waals surface area contributed by atoms with Crippen LogP contribution in [0.5, 0.6) is 5.75 Å². The second-order valence-electron chi connectivity index (χ2n) is 8.92. The second kappa shape index (κ2) is 9.65. The van der Waals surface area contributed by atoms with Crippen LogP contribution in [0.25, 0.3) is 22.3 Å². The summed E-state index contributed by atoms with van der Waals surface area (Å²) in [6.07, 6.45) is 11.5. The highest BCUT2D eigenvalue weighted by molar-refractivity contribution is 6.12. The van der Waals surface area contributed by atoms with Crippen LogP contribution in [0.4, 0.5) is 5.69 Å². The van der Waals surface area contributed by atoms with Crippen LogP contribution >= 0.6 is 0 Å². The lowest BCUT2D eigenvalue weighted by Crippen LogP contribution is -2.14. The lowest BCUT2D eigenvalue weighted by atomic mass is 10.1. The van der Waals surface area contributed by atoms with Crippen LogP contribution in [-0.2, 0) is 6.54 Å². The van der Waals surface area contributed by atoms with Gasteiger partial charge < -0.3 is 14.5 Å². The minimum absolute atomic E-state index is 0.247. The maximum Gasteiger partial charge on any atom is 0.256 e. The number of hydrogen-bond acceptors (Lipinski definition) is 6. The topological polar surface area (TPSA) is 95.1 Å². The number of hydrogen-bond donors (Lipinski definition) is 1. The molecule has 1 aliphatic carbocycles. The number of rotatable bonds is 7. The molecule has 8 heteroatoms. The largest absolute Gasteiger partial charge is 0.490 e. The molecule has 36 heavy (non-hydrogen) atoms. The Hall–Kier alpha value is -4.46. The number of anilines is 1. The molecule has 1 N–H and O–H groups in total. The van der Waals surface area contributed by atoms with E-state index in [1.807, 2.05) is 48.5 Å². The van der Waals surface area contributed by atoms with E-state index in [9.17, 15) is 4.79 Å². The number of nitrogens with zero attached hydrogens (tertiary/aromatic N) is 4. The Morgan fingerprint density at radius 2 is 2.00 bits per heavy atom. The molecule has 0 unspecified atom stereocenters. The molecule has 6 rings (SSSR count). The van der Waals surface area contributed by atoms with E-state index in [1.165, 1.54) is 12.8 Å². The van der Waals surface area contributed by atoms with Crippen molar-refractivity contribution in [3.63, 3.8) is 0 Å². The van der Waals surface area contributed by atoms with E-state index in [0.29, 0.717) is 34.5 Å². The first-order valence-electron chi connectivity index (χ1n) is 12.1. The first-order valence-corrected chi connectivity index (χ1v) is 12.1. The zero-order valence-electron chi connectivity index (χ0n) is 19.6. The highest BCUT2D eigenvalue weighted by Gasteiger charge is 2.20. The zero-order chi connectivity index (χ0) is 24.3. The predicted molar refractivity (Wildman–Crippen MR) is 136 cm³/mol. The third kappa shape index (κ3) is 4.57. The Morgan fingerprint density at radius 1 is 1.08 bits per heavy atom. The van der Waals surface area contributed by atoms with Crippen LogP contribution in [-0.4, -0.2) is 31.8 Å². The van der Waals surface area contributed by atoms with Crippen molar-refractivity contribution in [1.29, 1.82) is 0 Å². The van der Waals surface area contributed by atoms with Crippen molar-refractivity contribution in [2.45, 2.75) is 38.3 Å². The molecule has 1 amide bonds. The Bertz CT molecular complexity index is 1490. The molecule has 1 aromatic carbocycles. The van der Waals surface area contributed by atoms with Crippen LogP contribution in [0.1, 0.15) is 41.8 Å². The standard InChI is InChI=1S/C28H25N5O3/c34-28(31-20-7-3-10-22(14-20)36-21-8-1-2-9-21)24-15-26(19-6-4-12-29-16-19)32-27-25(24)17-30-33(27)18-23-11-5-13-35-23/h3-7,10-17,21H,1-2,8-9,18H2,(H,31,34). The van der Waals surface area contributed by atoms with Crippen molar-refractivity contribution in [1.82, 2.24) is 19.7 Å². The Morgan fingerprint density at radius 3 is 2.81 bits per heavy atom. The molecule has 4 aromatic heterocycles. The molecule has 0 spiro atoms. The van der Waals surface area contributed by atoms with Gasteiger partial charge in [-0.05, 0) is 68.1 Å². The van der Waals surface area contributed by atoms with Gasteiger partial charge in [0.1, 0.15) is 18.1 Å². The molecule has 1 saturated carbocycles. The molecule has 0 aliphatic heterocycles. The number of ether oxygens (including phenoxy) is 1. The zero-order valence-corrected chi connectivity index (χ0v) is 19.6. The monoisotopic (exact) mass is 479 g/mol. The molecule has 0 bridgehead atoms. The van der Waals surface area contributed by atoms with E-state index in [0.717, 1.165) is 29.9 Å². The molecular weight excluding hydrogens is 454 g/mol. The van der Waals surface area contributed by atoms with Gasteiger partial charge in [0.2, 0.25) is 0 Å². The fourth-order valence-corrected chi connectivity index (χ4v) is 4.61. The minimum atomic E-state index is -0.247. The lowest BCUT2D eigenvalue weighted by molar-refractivity contribution is 0.102. The predicted octanol–water partition coefficient (Wildman–Crippen LogP) is 5.71. The van der Waals surface area contributed by atoms with Gasteiger partial charge in [-0.15, -0.1) is 0 Å². The number of pyridine rings is 2. The van der Waals surface area contributed by atoms with Gasteiger partial charge in [-0.25, -0.2) is 9.67 Å². The van der Waals surface area contributed by atoms with Gasteiger partial charge in [0.25, 0.3) is 5.91 Å². The molecule has 180 valence electrons. The second-order valence-corrected chi connectivity index (χ2v) is 8.92. The van der Waals surface area contributed by atoms with Crippen LogP contribution in [0.3, 0.4) is 0 Å². The average Bonchev–Trinajstić information content (AvgIpc) is 3.68. The van der Waals surface area contributed by atoms with Crippen LogP contribution in [0, 0.1) is 0 Å². The van der Waals surface area contributed by atoms with E-state index < -0.39 is 0 Å². The number of carbonyl (C=O) groups excluding carboxylic acids is 1. The first kappa shape index (κ1) is 22.0. The highest BCUT2D eigenvalue weighted by Crippen LogP contribution is 2.28. The normalized spacial score (nSPS) is 13.8. The third-order valence-corrected chi connectivity index (χ3v) is 6.39. The van der Waals surface area contributed by atoms with E-state index in [2.05, 4.69) is 15.4 Å². The van der Waals surface area contributed by atoms with Gasteiger partial charge in [0, 0.05) is 29.7 Å². The summed E-state index contributed by atoms with van der Waals surface area (Å²) in [6.45, 7) is 0.404. The SMILES string of the molecule is O=C(Nc1cccc(OC2CCCC2)c1)c1cc(-c2cccnc2)nc2c1cnn2Cc1ccco1. The van der Waals surface area contributed by atoms with Crippen molar-refractivity contribution < 1.29 is 13.9 Å². The molecular formula is C28H25N5O3. The molecule has 0 atom stereocenters. The number of fused-ring (bicyclic) bond motifs is 1. The number of carbonyl (C=O) groups is 1. The van der Waals surface area contributed by atoms with Gasteiger partial charge in [-0.1, -0.05) is 6.07 Å². The summed E-state index contributed by atoms with van der Waals surface area (Å²) < 4.78 is 13.3. The molecule has 1 aliphatic rings. The summed E-state index contributed by atoms with van der Waals surface area (Å²) in [6, 6.07) is 16.8. The molecule has 8 nitrogen and oxygen atoms in total. The van der Waals surface area contributed by atoms with Crippen LogP contribution in [0.15, 0.2) is 83.9 Å². The fraction of sp³-hybridized carbons (Fsp3) is 0.214. The summed E-state index contributed by atoms with van der Waals surface area (Å²) >= 11 is 0. The first-order chi connectivity index (χ1) is 17.7. The average molecular weight is 480 g/mol. The van der Waals surface area contributed by atoms with Crippen molar-refractivity contribution in [2.24, 2.45) is 0 Å². The molecule has 0 saturated heterocycles. The smallest absolute Gasteiger partial charge is 0.256 e. The van der Waals surface area contributed by atoms with Gasteiger partial charge in [0.15, 0.2) is 5.65 Å². The van der Waals surface area contributed by atoms with Crippen molar-refractivity contribution in [3.05, 3.63) is 90.8 Å². The Balaban J connectivity index is 1.35.